The molecule has 9 heteroatoms. The molecule has 0 aliphatic heterocycles. The van der Waals surface area contributed by atoms with Gasteiger partial charge in [0.1, 0.15) is 5.75 Å². The lowest BCUT2D eigenvalue weighted by molar-refractivity contribution is -0.118. The summed E-state index contributed by atoms with van der Waals surface area (Å²) >= 11 is 3.08. The lowest BCUT2D eigenvalue weighted by atomic mass is 10.2. The minimum atomic E-state index is -3.63. The predicted molar refractivity (Wildman–Crippen MR) is 139 cm³/mol. The zero-order valence-electron chi connectivity index (χ0n) is 18.8. The molecule has 1 heterocycles. The van der Waals surface area contributed by atoms with E-state index >= 15 is 0 Å². The van der Waals surface area contributed by atoms with Crippen molar-refractivity contribution < 1.29 is 17.9 Å². The zero-order valence-corrected chi connectivity index (χ0v) is 21.3. The van der Waals surface area contributed by atoms with Crippen LogP contribution in [0.15, 0.2) is 82.6 Å². The van der Waals surface area contributed by atoms with E-state index < -0.39 is 9.84 Å². The Bertz CT molecular complexity index is 1380. The molecule has 4 rings (SSSR count). The van der Waals surface area contributed by atoms with Crippen molar-refractivity contribution in [2.24, 2.45) is 0 Å². The number of sulfone groups is 1. The second-order valence-corrected chi connectivity index (χ2v) is 11.5. The number of benzene rings is 3. The summed E-state index contributed by atoms with van der Waals surface area (Å²) in [6.45, 7) is 0.317. The number of hydrogen-bond acceptors (Lipinski definition) is 7. The number of hydrogen-bond donors (Lipinski definition) is 0. The minimum Gasteiger partial charge on any atom is -0.497 e. The summed E-state index contributed by atoms with van der Waals surface area (Å²) in [5, 5.41) is 0.559. The van der Waals surface area contributed by atoms with Gasteiger partial charge in [-0.1, -0.05) is 41.7 Å². The number of carbonyl (C=O) groups excluding carboxylic acids is 1. The molecule has 34 heavy (non-hydrogen) atoms. The van der Waals surface area contributed by atoms with E-state index in [1.165, 1.54) is 30.6 Å². The summed E-state index contributed by atoms with van der Waals surface area (Å²) in [5.41, 5.74) is 1.76. The van der Waals surface area contributed by atoms with Gasteiger partial charge in [-0.15, -0.1) is 11.8 Å². The Morgan fingerprint density at radius 3 is 2.47 bits per heavy atom. The maximum atomic E-state index is 13.3. The van der Waals surface area contributed by atoms with Crippen LogP contribution < -0.4 is 9.64 Å². The Balaban J connectivity index is 1.58. The number of thioether (sulfide) groups is 1. The van der Waals surface area contributed by atoms with Crippen LogP contribution in [0.1, 0.15) is 12.0 Å². The summed E-state index contributed by atoms with van der Waals surface area (Å²) in [7, 11) is -2.10. The van der Waals surface area contributed by atoms with Crippen LogP contribution >= 0.6 is 23.1 Å². The van der Waals surface area contributed by atoms with Crippen LogP contribution in [0.2, 0.25) is 0 Å². The molecule has 6 nitrogen and oxygen atoms in total. The first-order valence-corrected chi connectivity index (χ1v) is 14.2. The van der Waals surface area contributed by atoms with E-state index in [1.54, 1.807) is 28.8 Å². The van der Waals surface area contributed by atoms with Gasteiger partial charge in [-0.05, 0) is 54.3 Å². The summed E-state index contributed by atoms with van der Waals surface area (Å²) < 4.78 is 31.8. The first-order chi connectivity index (χ1) is 16.4. The van der Waals surface area contributed by atoms with Gasteiger partial charge in [0.25, 0.3) is 0 Å². The highest BCUT2D eigenvalue weighted by atomic mass is 32.2. The number of fused-ring (bicyclic) bond motifs is 1. The molecule has 0 unspecified atom stereocenters. The first kappa shape index (κ1) is 24.3. The van der Waals surface area contributed by atoms with Gasteiger partial charge in [-0.3, -0.25) is 9.69 Å². The van der Waals surface area contributed by atoms with E-state index in [0.29, 0.717) is 17.4 Å². The molecule has 1 aromatic heterocycles. The fourth-order valence-electron chi connectivity index (χ4n) is 3.42. The second kappa shape index (κ2) is 10.6. The van der Waals surface area contributed by atoms with Gasteiger partial charge in [0, 0.05) is 11.3 Å². The fourth-order valence-corrected chi connectivity index (χ4v) is 6.19. The highest BCUT2D eigenvalue weighted by Gasteiger charge is 2.23. The second-order valence-electron chi connectivity index (χ2n) is 7.54. The normalized spacial score (nSPS) is 11.5. The Labute approximate surface area is 207 Å². The summed E-state index contributed by atoms with van der Waals surface area (Å²) in [5.74, 6) is -0.0000559. The van der Waals surface area contributed by atoms with Gasteiger partial charge >= 0.3 is 0 Å². The van der Waals surface area contributed by atoms with Gasteiger partial charge in [-0.2, -0.15) is 0 Å². The lowest BCUT2D eigenvalue weighted by Crippen LogP contribution is -2.31. The Morgan fingerprint density at radius 2 is 1.79 bits per heavy atom. The number of carbonyl (C=O) groups is 1. The largest absolute Gasteiger partial charge is 0.497 e. The molecule has 176 valence electrons. The summed E-state index contributed by atoms with van der Waals surface area (Å²) in [4.78, 5) is 20.9. The quantitative estimate of drug-likeness (QED) is 0.279. The predicted octanol–water partition coefficient (Wildman–Crippen LogP) is 5.42. The van der Waals surface area contributed by atoms with Gasteiger partial charge < -0.3 is 4.74 Å². The maximum absolute atomic E-state index is 13.3. The Morgan fingerprint density at radius 1 is 1.06 bits per heavy atom. The van der Waals surface area contributed by atoms with Crippen molar-refractivity contribution in [3.8, 4) is 5.75 Å². The number of amides is 1. The van der Waals surface area contributed by atoms with Crippen LogP contribution in [0.5, 0.6) is 5.75 Å². The average Bonchev–Trinajstić information content (AvgIpc) is 3.29. The molecule has 0 saturated heterocycles. The summed E-state index contributed by atoms with van der Waals surface area (Å²) in [6, 6.07) is 21.8. The molecule has 1 amide bonds. The van der Waals surface area contributed by atoms with Crippen molar-refractivity contribution >= 4 is 54.2 Å². The number of anilines is 1. The molecule has 0 N–H and O–H groups in total. The third-order valence-electron chi connectivity index (χ3n) is 5.30. The third-order valence-corrected chi connectivity index (χ3v) is 8.80. The molecular formula is C25H24N2O4S3. The summed E-state index contributed by atoms with van der Waals surface area (Å²) in [6.07, 6.45) is 1.87. The van der Waals surface area contributed by atoms with Crippen LogP contribution in [0.25, 0.3) is 10.2 Å². The number of thiazole rings is 1. The molecule has 0 aliphatic carbocycles. The molecule has 3 aromatic carbocycles. The van der Waals surface area contributed by atoms with Crippen molar-refractivity contribution in [2.45, 2.75) is 22.8 Å². The first-order valence-electron chi connectivity index (χ1n) is 10.6. The van der Waals surface area contributed by atoms with Crippen molar-refractivity contribution in [1.29, 1.82) is 0 Å². The third kappa shape index (κ3) is 5.60. The van der Waals surface area contributed by atoms with Crippen LogP contribution in [0.3, 0.4) is 0 Å². The smallest absolute Gasteiger partial charge is 0.230 e. The molecule has 4 aromatic rings. The SMILES string of the molecule is COc1ccc(S(=O)(=O)CCC(=O)N(Cc2ccccc2)c2nc3ccc(SC)cc3s2)cc1. The van der Waals surface area contributed by atoms with Crippen LogP contribution in [-0.4, -0.2) is 38.4 Å². The fraction of sp³-hybridized carbons (Fsp3) is 0.200. The highest BCUT2D eigenvalue weighted by molar-refractivity contribution is 7.98. The van der Waals surface area contributed by atoms with Crippen molar-refractivity contribution in [2.75, 3.05) is 24.0 Å². The highest BCUT2D eigenvalue weighted by Crippen LogP contribution is 2.33. The van der Waals surface area contributed by atoms with E-state index in [1.807, 2.05) is 48.7 Å². The van der Waals surface area contributed by atoms with E-state index in [9.17, 15) is 13.2 Å². The number of rotatable bonds is 9. The van der Waals surface area contributed by atoms with Crippen LogP contribution in [-0.2, 0) is 21.2 Å². The van der Waals surface area contributed by atoms with Gasteiger partial charge in [0.05, 0.1) is 34.5 Å². The number of aromatic nitrogens is 1. The number of ether oxygens (including phenoxy) is 1. The molecule has 0 fully saturated rings. The monoisotopic (exact) mass is 512 g/mol. The molecule has 0 spiro atoms. The van der Waals surface area contributed by atoms with E-state index in [4.69, 9.17) is 4.74 Å². The number of nitrogens with zero attached hydrogens (tertiary/aromatic N) is 2. The zero-order chi connectivity index (χ0) is 24.1. The lowest BCUT2D eigenvalue weighted by Gasteiger charge is -2.20. The standard InChI is InChI=1S/C25H24N2O4S3/c1-31-19-8-11-21(12-9-19)34(29,30)15-14-24(28)27(17-18-6-4-3-5-7-18)25-26-22-13-10-20(32-2)16-23(22)33-25/h3-13,16H,14-15,17H2,1-2H3. The average molecular weight is 513 g/mol. The van der Waals surface area contributed by atoms with Crippen LogP contribution in [0, 0.1) is 0 Å². The van der Waals surface area contributed by atoms with Crippen molar-refractivity contribution in [3.63, 3.8) is 0 Å². The molecule has 0 radical (unpaired) electrons. The van der Waals surface area contributed by atoms with Crippen molar-refractivity contribution in [1.82, 2.24) is 4.98 Å². The van der Waals surface area contributed by atoms with Gasteiger partial charge in [-0.25, -0.2) is 13.4 Å². The van der Waals surface area contributed by atoms with E-state index in [-0.39, 0.29) is 23.0 Å². The molecule has 0 bridgehead atoms. The van der Waals surface area contributed by atoms with Gasteiger partial charge in [0.2, 0.25) is 5.91 Å². The minimum absolute atomic E-state index is 0.146. The molecular weight excluding hydrogens is 488 g/mol. The Hall–Kier alpha value is -2.88. The topological polar surface area (TPSA) is 76.6 Å². The van der Waals surface area contributed by atoms with Crippen molar-refractivity contribution in [3.05, 3.63) is 78.4 Å². The molecule has 0 atom stereocenters. The van der Waals surface area contributed by atoms with E-state index in [2.05, 4.69) is 11.1 Å². The van der Waals surface area contributed by atoms with E-state index in [0.717, 1.165) is 20.7 Å². The van der Waals surface area contributed by atoms with Gasteiger partial charge in [0.15, 0.2) is 15.0 Å². The maximum Gasteiger partial charge on any atom is 0.230 e. The van der Waals surface area contributed by atoms with Crippen LogP contribution in [0.4, 0.5) is 5.13 Å². The molecule has 0 aliphatic rings. The molecule has 0 saturated carbocycles. The Kier molecular flexibility index (Phi) is 7.55. The number of methoxy groups -OCH3 is 1.